The van der Waals surface area contributed by atoms with Crippen molar-refractivity contribution in [1.82, 2.24) is 0 Å². The van der Waals surface area contributed by atoms with E-state index in [0.717, 1.165) is 4.90 Å². The minimum absolute atomic E-state index is 0.174. The number of amides is 3. The lowest BCUT2D eigenvalue weighted by Gasteiger charge is -2.15. The standard InChI is InChI=1S/C19H15N3O5S/c1-11(17(25)21-18-13(10-20)8-9-28-18)27-19(26)12-2-4-14(5-3-12)22-15(23)6-7-16(22)24/h2-5,8-9,11H,6-7H2,1H3,(H,21,25)/t11-/m0/s1. The number of rotatable bonds is 5. The summed E-state index contributed by atoms with van der Waals surface area (Å²) in [5, 5.41) is 13.6. The number of hydrogen-bond acceptors (Lipinski definition) is 7. The molecule has 1 atom stereocenters. The molecule has 8 nitrogen and oxygen atoms in total. The van der Waals surface area contributed by atoms with Crippen molar-refractivity contribution in [3.8, 4) is 6.07 Å². The second kappa shape index (κ2) is 8.02. The highest BCUT2D eigenvalue weighted by Crippen LogP contribution is 2.24. The van der Waals surface area contributed by atoms with E-state index >= 15 is 0 Å². The van der Waals surface area contributed by atoms with E-state index in [2.05, 4.69) is 5.32 Å². The third kappa shape index (κ3) is 3.92. The Morgan fingerprint density at radius 2 is 1.82 bits per heavy atom. The summed E-state index contributed by atoms with van der Waals surface area (Å²) in [5.74, 6) is -1.84. The Kier molecular flexibility index (Phi) is 5.52. The lowest BCUT2D eigenvalue weighted by molar-refractivity contribution is -0.124. The van der Waals surface area contributed by atoms with Gasteiger partial charge in [0.15, 0.2) is 6.10 Å². The predicted octanol–water partition coefficient (Wildman–Crippen LogP) is 2.46. The van der Waals surface area contributed by atoms with E-state index in [-0.39, 0.29) is 30.2 Å². The van der Waals surface area contributed by atoms with Gasteiger partial charge in [0, 0.05) is 12.8 Å². The average molecular weight is 397 g/mol. The van der Waals surface area contributed by atoms with Crippen molar-refractivity contribution in [2.75, 3.05) is 10.2 Å². The Bertz CT molecular complexity index is 974. The molecule has 2 heterocycles. The van der Waals surface area contributed by atoms with Gasteiger partial charge in [-0.05, 0) is 42.6 Å². The molecule has 2 aromatic rings. The van der Waals surface area contributed by atoms with Gasteiger partial charge in [0.05, 0.1) is 16.8 Å². The normalized spacial score (nSPS) is 14.5. The predicted molar refractivity (Wildman–Crippen MR) is 101 cm³/mol. The summed E-state index contributed by atoms with van der Waals surface area (Å²) in [6.07, 6.45) is -0.734. The summed E-state index contributed by atoms with van der Waals surface area (Å²) >= 11 is 1.19. The van der Waals surface area contributed by atoms with Crippen molar-refractivity contribution in [2.24, 2.45) is 0 Å². The van der Waals surface area contributed by atoms with Crippen LogP contribution in [-0.2, 0) is 19.1 Å². The van der Waals surface area contributed by atoms with Gasteiger partial charge < -0.3 is 10.1 Å². The molecule has 0 unspecified atom stereocenters. The number of hydrogen-bond donors (Lipinski definition) is 1. The lowest BCUT2D eigenvalue weighted by atomic mass is 10.2. The van der Waals surface area contributed by atoms with Crippen LogP contribution in [0.15, 0.2) is 35.7 Å². The smallest absolute Gasteiger partial charge is 0.338 e. The maximum Gasteiger partial charge on any atom is 0.338 e. The van der Waals surface area contributed by atoms with E-state index in [9.17, 15) is 19.2 Å². The molecule has 1 saturated heterocycles. The fourth-order valence-electron chi connectivity index (χ4n) is 2.60. The molecule has 1 aliphatic rings. The van der Waals surface area contributed by atoms with Crippen molar-refractivity contribution in [3.63, 3.8) is 0 Å². The van der Waals surface area contributed by atoms with E-state index in [1.165, 1.54) is 42.5 Å². The summed E-state index contributed by atoms with van der Waals surface area (Å²) < 4.78 is 5.15. The molecule has 0 spiro atoms. The first kappa shape index (κ1) is 19.3. The molecule has 1 aromatic heterocycles. The number of nitrogens with one attached hydrogen (secondary N) is 1. The van der Waals surface area contributed by atoms with Crippen molar-refractivity contribution in [3.05, 3.63) is 46.8 Å². The third-order valence-corrected chi connectivity index (χ3v) is 4.92. The van der Waals surface area contributed by atoms with Crippen LogP contribution in [0.5, 0.6) is 0 Å². The van der Waals surface area contributed by atoms with Crippen LogP contribution in [-0.4, -0.2) is 29.8 Å². The Balaban J connectivity index is 1.62. The number of imide groups is 1. The molecule has 1 aliphatic heterocycles. The monoisotopic (exact) mass is 397 g/mol. The Morgan fingerprint density at radius 3 is 2.43 bits per heavy atom. The first-order chi connectivity index (χ1) is 13.4. The van der Waals surface area contributed by atoms with Crippen molar-refractivity contribution < 1.29 is 23.9 Å². The van der Waals surface area contributed by atoms with Gasteiger partial charge in [-0.15, -0.1) is 11.3 Å². The van der Waals surface area contributed by atoms with E-state index in [1.54, 1.807) is 11.4 Å². The SMILES string of the molecule is C[C@H](OC(=O)c1ccc(N2C(=O)CCC2=O)cc1)C(=O)Nc1sccc1C#N. The summed E-state index contributed by atoms with van der Waals surface area (Å²) in [6, 6.07) is 9.34. The van der Waals surface area contributed by atoms with Crippen LogP contribution in [0.25, 0.3) is 0 Å². The fourth-order valence-corrected chi connectivity index (χ4v) is 3.34. The number of esters is 1. The quantitative estimate of drug-likeness (QED) is 0.612. The van der Waals surface area contributed by atoms with Crippen LogP contribution in [0.3, 0.4) is 0 Å². The van der Waals surface area contributed by atoms with Crippen LogP contribution in [0.4, 0.5) is 10.7 Å². The molecule has 0 radical (unpaired) electrons. The van der Waals surface area contributed by atoms with Gasteiger partial charge in [0.1, 0.15) is 11.1 Å². The Morgan fingerprint density at radius 1 is 1.18 bits per heavy atom. The number of benzene rings is 1. The average Bonchev–Trinajstić information content (AvgIpc) is 3.27. The van der Waals surface area contributed by atoms with Crippen LogP contribution >= 0.6 is 11.3 Å². The molecule has 9 heteroatoms. The minimum Gasteiger partial charge on any atom is -0.449 e. The largest absolute Gasteiger partial charge is 0.449 e. The maximum absolute atomic E-state index is 12.2. The van der Waals surface area contributed by atoms with Gasteiger partial charge >= 0.3 is 5.97 Å². The van der Waals surface area contributed by atoms with Crippen molar-refractivity contribution in [2.45, 2.75) is 25.9 Å². The van der Waals surface area contributed by atoms with Crippen molar-refractivity contribution in [1.29, 1.82) is 5.26 Å². The molecule has 1 fully saturated rings. The molecule has 0 aliphatic carbocycles. The molecule has 1 N–H and O–H groups in total. The highest BCUT2D eigenvalue weighted by molar-refractivity contribution is 7.14. The third-order valence-electron chi connectivity index (χ3n) is 4.09. The molecule has 142 valence electrons. The minimum atomic E-state index is -1.08. The Hall–Kier alpha value is -3.51. The van der Waals surface area contributed by atoms with E-state index in [0.29, 0.717) is 16.3 Å². The lowest BCUT2D eigenvalue weighted by Crippen LogP contribution is -2.30. The number of nitriles is 1. The van der Waals surface area contributed by atoms with E-state index < -0.39 is 18.0 Å². The zero-order valence-corrected chi connectivity index (χ0v) is 15.6. The number of anilines is 2. The molecular formula is C19H15N3O5S. The van der Waals surface area contributed by atoms with E-state index in [1.807, 2.05) is 6.07 Å². The molecule has 0 saturated carbocycles. The van der Waals surface area contributed by atoms with Crippen LogP contribution in [0.1, 0.15) is 35.7 Å². The highest BCUT2D eigenvalue weighted by atomic mass is 32.1. The van der Waals surface area contributed by atoms with Gasteiger partial charge in [-0.3, -0.25) is 19.3 Å². The number of carbonyl (C=O) groups is 4. The van der Waals surface area contributed by atoms with Gasteiger partial charge in [-0.25, -0.2) is 4.79 Å². The first-order valence-electron chi connectivity index (χ1n) is 8.36. The zero-order valence-electron chi connectivity index (χ0n) is 14.8. The summed E-state index contributed by atoms with van der Waals surface area (Å²) in [6.45, 7) is 1.42. The Labute approximate surface area is 164 Å². The number of carbonyl (C=O) groups excluding carboxylic acids is 4. The van der Waals surface area contributed by atoms with Gasteiger partial charge in [-0.1, -0.05) is 0 Å². The topological polar surface area (TPSA) is 117 Å². The maximum atomic E-state index is 12.2. The molecule has 0 bridgehead atoms. The molecule has 1 aromatic carbocycles. The van der Waals surface area contributed by atoms with Gasteiger partial charge in [0.25, 0.3) is 5.91 Å². The van der Waals surface area contributed by atoms with Crippen LogP contribution in [0.2, 0.25) is 0 Å². The molecular weight excluding hydrogens is 382 g/mol. The van der Waals surface area contributed by atoms with Crippen LogP contribution in [0, 0.1) is 11.3 Å². The summed E-state index contributed by atoms with van der Waals surface area (Å²) in [7, 11) is 0. The molecule has 28 heavy (non-hydrogen) atoms. The van der Waals surface area contributed by atoms with Crippen LogP contribution < -0.4 is 10.2 Å². The molecule has 3 amide bonds. The number of nitrogens with zero attached hydrogens (tertiary/aromatic N) is 2. The number of ether oxygens (including phenoxy) is 1. The van der Waals surface area contributed by atoms with E-state index in [4.69, 9.17) is 10.00 Å². The zero-order chi connectivity index (χ0) is 20.3. The van der Waals surface area contributed by atoms with Crippen molar-refractivity contribution >= 4 is 45.7 Å². The van der Waals surface area contributed by atoms with Gasteiger partial charge in [-0.2, -0.15) is 5.26 Å². The molecule has 3 rings (SSSR count). The van der Waals surface area contributed by atoms with Gasteiger partial charge in [0.2, 0.25) is 11.8 Å². The first-order valence-corrected chi connectivity index (χ1v) is 9.24. The second-order valence-electron chi connectivity index (χ2n) is 5.98. The summed E-state index contributed by atoms with van der Waals surface area (Å²) in [4.78, 5) is 49.0. The fraction of sp³-hybridized carbons (Fsp3) is 0.211. The number of thiophene rings is 1. The second-order valence-corrected chi connectivity index (χ2v) is 6.90. The summed E-state index contributed by atoms with van der Waals surface area (Å²) in [5.41, 5.74) is 0.895. The highest BCUT2D eigenvalue weighted by Gasteiger charge is 2.30.